The topological polar surface area (TPSA) is 94.7 Å². The number of aromatic nitrogens is 2. The molecule has 2 atom stereocenters. The number of rotatable bonds is 8. The molecular formula is C24H27N5O4S. The second-order valence-corrected chi connectivity index (χ2v) is 8.47. The second kappa shape index (κ2) is 9.78. The van der Waals surface area contributed by atoms with E-state index in [9.17, 15) is 10.1 Å². The summed E-state index contributed by atoms with van der Waals surface area (Å²) >= 11 is 5.70. The standard InChI is InChI=1S/C24H27N5O4S/c1-15-13-18(16(2)28(15)20-9-8-17(29(30)31)14-21(20)33-4)23-22(19-7-5-6-10-25-19)26-24(34)27(23)11-12-32-3/h5-10,13-14,22-23H,11-12H2,1-4H3,(H,26,34). The van der Waals surface area contributed by atoms with Crippen LogP contribution in [0.25, 0.3) is 5.69 Å². The molecule has 0 aliphatic carbocycles. The Morgan fingerprint density at radius 3 is 2.65 bits per heavy atom. The fraction of sp³-hybridized carbons (Fsp3) is 0.333. The van der Waals surface area contributed by atoms with Gasteiger partial charge in [-0.1, -0.05) is 6.07 Å². The highest BCUT2D eigenvalue weighted by atomic mass is 32.1. The van der Waals surface area contributed by atoms with Gasteiger partial charge < -0.3 is 24.3 Å². The van der Waals surface area contributed by atoms with Crippen molar-refractivity contribution in [3.05, 3.63) is 81.4 Å². The van der Waals surface area contributed by atoms with Gasteiger partial charge in [-0.25, -0.2) is 0 Å². The van der Waals surface area contributed by atoms with E-state index in [1.54, 1.807) is 19.4 Å². The van der Waals surface area contributed by atoms with Crippen LogP contribution < -0.4 is 10.1 Å². The highest BCUT2D eigenvalue weighted by molar-refractivity contribution is 7.80. The first-order valence-electron chi connectivity index (χ1n) is 10.9. The first kappa shape index (κ1) is 23.7. The van der Waals surface area contributed by atoms with Crippen LogP contribution in [0.4, 0.5) is 5.69 Å². The second-order valence-electron chi connectivity index (χ2n) is 8.09. The zero-order valence-electron chi connectivity index (χ0n) is 19.5. The number of ether oxygens (including phenoxy) is 2. The molecule has 34 heavy (non-hydrogen) atoms. The summed E-state index contributed by atoms with van der Waals surface area (Å²) in [7, 11) is 3.19. The Balaban J connectivity index is 1.84. The van der Waals surface area contributed by atoms with Crippen LogP contribution in [0, 0.1) is 24.0 Å². The average molecular weight is 482 g/mol. The van der Waals surface area contributed by atoms with Gasteiger partial charge in [-0.2, -0.15) is 0 Å². The van der Waals surface area contributed by atoms with E-state index < -0.39 is 4.92 Å². The number of hydrogen-bond donors (Lipinski definition) is 1. The smallest absolute Gasteiger partial charge is 0.273 e. The summed E-state index contributed by atoms with van der Waals surface area (Å²) in [6.45, 7) is 5.20. The van der Waals surface area contributed by atoms with Crippen molar-refractivity contribution in [2.45, 2.75) is 25.9 Å². The Labute approximate surface area is 203 Å². The predicted octanol–water partition coefficient (Wildman–Crippen LogP) is 4.02. The molecule has 1 aliphatic heterocycles. The molecule has 3 heterocycles. The van der Waals surface area contributed by atoms with Crippen LogP contribution >= 0.6 is 12.2 Å². The summed E-state index contributed by atoms with van der Waals surface area (Å²) < 4.78 is 12.9. The average Bonchev–Trinajstić information content (AvgIpc) is 3.32. The van der Waals surface area contributed by atoms with Gasteiger partial charge in [-0.15, -0.1) is 0 Å². The number of non-ortho nitro benzene ring substituents is 1. The van der Waals surface area contributed by atoms with Gasteiger partial charge in [0.1, 0.15) is 5.75 Å². The quantitative estimate of drug-likeness (QED) is 0.293. The van der Waals surface area contributed by atoms with Crippen molar-refractivity contribution >= 4 is 23.0 Å². The number of thiocarbonyl (C=S) groups is 1. The molecule has 2 aromatic heterocycles. The van der Waals surface area contributed by atoms with Crippen LogP contribution in [0.3, 0.4) is 0 Å². The van der Waals surface area contributed by atoms with Crippen molar-refractivity contribution in [1.82, 2.24) is 19.8 Å². The summed E-state index contributed by atoms with van der Waals surface area (Å²) in [5, 5.41) is 15.4. The molecule has 4 rings (SSSR count). The van der Waals surface area contributed by atoms with Gasteiger partial charge >= 0.3 is 0 Å². The normalized spacial score (nSPS) is 17.6. The van der Waals surface area contributed by atoms with E-state index in [2.05, 4.69) is 25.8 Å². The van der Waals surface area contributed by atoms with Crippen molar-refractivity contribution < 1.29 is 14.4 Å². The summed E-state index contributed by atoms with van der Waals surface area (Å²) in [4.78, 5) is 17.5. The third kappa shape index (κ3) is 4.22. The molecule has 0 radical (unpaired) electrons. The lowest BCUT2D eigenvalue weighted by molar-refractivity contribution is -0.384. The maximum atomic E-state index is 11.3. The molecule has 2 unspecified atom stereocenters. The fourth-order valence-corrected chi connectivity index (χ4v) is 4.93. The van der Waals surface area contributed by atoms with Crippen molar-refractivity contribution in [3.8, 4) is 11.4 Å². The predicted molar refractivity (Wildman–Crippen MR) is 132 cm³/mol. The van der Waals surface area contributed by atoms with E-state index in [0.717, 1.165) is 28.3 Å². The molecule has 1 N–H and O–H groups in total. The molecule has 9 nitrogen and oxygen atoms in total. The molecule has 3 aromatic rings. The van der Waals surface area contributed by atoms with Crippen molar-refractivity contribution in [2.24, 2.45) is 0 Å². The lowest BCUT2D eigenvalue weighted by Gasteiger charge is -2.28. The Morgan fingerprint density at radius 1 is 1.21 bits per heavy atom. The number of pyridine rings is 1. The van der Waals surface area contributed by atoms with Crippen LogP contribution in [-0.4, -0.2) is 51.9 Å². The molecule has 0 bridgehead atoms. The van der Waals surface area contributed by atoms with E-state index in [1.807, 2.05) is 32.0 Å². The van der Waals surface area contributed by atoms with Crippen LogP contribution in [0.1, 0.15) is 34.7 Å². The van der Waals surface area contributed by atoms with Crippen LogP contribution in [0.5, 0.6) is 5.75 Å². The molecular weight excluding hydrogens is 454 g/mol. The Morgan fingerprint density at radius 2 is 2.00 bits per heavy atom. The molecule has 10 heteroatoms. The molecule has 1 saturated heterocycles. The SMILES string of the molecule is COCCN1C(=S)NC(c2ccccn2)C1c1cc(C)n(-c2ccc([N+](=O)[O-])cc2OC)c1C. The van der Waals surface area contributed by atoms with Crippen molar-refractivity contribution in [3.63, 3.8) is 0 Å². The third-order valence-corrected chi connectivity index (χ3v) is 6.49. The fourth-order valence-electron chi connectivity index (χ4n) is 4.60. The Kier molecular flexibility index (Phi) is 6.80. The largest absolute Gasteiger partial charge is 0.494 e. The molecule has 1 aromatic carbocycles. The summed E-state index contributed by atoms with van der Waals surface area (Å²) in [6.07, 6.45) is 1.78. The molecule has 178 valence electrons. The van der Waals surface area contributed by atoms with Gasteiger partial charge in [0.25, 0.3) is 5.69 Å². The zero-order chi connectivity index (χ0) is 24.4. The highest BCUT2D eigenvalue weighted by Gasteiger charge is 2.41. The number of aryl methyl sites for hydroxylation is 1. The summed E-state index contributed by atoms with van der Waals surface area (Å²) in [6, 6.07) is 12.4. The number of hydrogen-bond acceptors (Lipinski definition) is 6. The van der Waals surface area contributed by atoms with E-state index in [4.69, 9.17) is 21.7 Å². The Hall–Kier alpha value is -3.50. The molecule has 1 aliphatic rings. The summed E-state index contributed by atoms with van der Waals surface area (Å²) in [5.74, 6) is 0.431. The minimum Gasteiger partial charge on any atom is -0.494 e. The van der Waals surface area contributed by atoms with Crippen LogP contribution in [-0.2, 0) is 4.74 Å². The lowest BCUT2D eigenvalue weighted by Crippen LogP contribution is -2.32. The number of nitrogens with zero attached hydrogens (tertiary/aromatic N) is 4. The number of benzene rings is 1. The van der Waals surface area contributed by atoms with Crippen molar-refractivity contribution in [2.75, 3.05) is 27.4 Å². The molecule has 0 saturated carbocycles. The Bertz CT molecular complexity index is 1210. The van der Waals surface area contributed by atoms with Crippen molar-refractivity contribution in [1.29, 1.82) is 0 Å². The maximum absolute atomic E-state index is 11.3. The first-order chi connectivity index (χ1) is 16.4. The van der Waals surface area contributed by atoms with Gasteiger partial charge in [-0.05, 0) is 55.9 Å². The van der Waals surface area contributed by atoms with Crippen LogP contribution in [0.15, 0.2) is 48.7 Å². The maximum Gasteiger partial charge on any atom is 0.273 e. The van der Waals surface area contributed by atoms with Gasteiger partial charge in [0.05, 0.1) is 48.2 Å². The molecule has 0 amide bonds. The minimum atomic E-state index is -0.427. The summed E-state index contributed by atoms with van der Waals surface area (Å²) in [5.41, 5.74) is 4.66. The lowest BCUT2D eigenvalue weighted by atomic mass is 9.97. The third-order valence-electron chi connectivity index (χ3n) is 6.14. The number of nitro groups is 1. The first-order valence-corrected chi connectivity index (χ1v) is 11.3. The molecule has 0 spiro atoms. The van der Waals surface area contributed by atoms with E-state index >= 15 is 0 Å². The van der Waals surface area contributed by atoms with E-state index in [1.165, 1.54) is 19.2 Å². The van der Waals surface area contributed by atoms with Gasteiger partial charge in [0.15, 0.2) is 5.11 Å². The minimum absolute atomic E-state index is 0.0189. The molecule has 1 fully saturated rings. The van der Waals surface area contributed by atoms with E-state index in [0.29, 0.717) is 24.0 Å². The van der Waals surface area contributed by atoms with Gasteiger partial charge in [0.2, 0.25) is 0 Å². The number of methoxy groups -OCH3 is 2. The number of nitrogens with one attached hydrogen (secondary N) is 1. The zero-order valence-corrected chi connectivity index (χ0v) is 20.3. The highest BCUT2D eigenvalue weighted by Crippen LogP contribution is 2.42. The monoisotopic (exact) mass is 481 g/mol. The van der Waals surface area contributed by atoms with E-state index in [-0.39, 0.29) is 17.8 Å². The van der Waals surface area contributed by atoms with Gasteiger partial charge in [-0.3, -0.25) is 15.1 Å². The number of nitro benzene ring substituents is 1. The van der Waals surface area contributed by atoms with Gasteiger partial charge in [0, 0.05) is 37.3 Å². The van der Waals surface area contributed by atoms with Crippen LogP contribution in [0.2, 0.25) is 0 Å².